The molecule has 0 fully saturated rings. The second-order valence-corrected chi connectivity index (χ2v) is 8.13. The van der Waals surface area contributed by atoms with Crippen molar-refractivity contribution >= 4 is 34.8 Å². The summed E-state index contributed by atoms with van der Waals surface area (Å²) >= 11 is 12.3. The summed E-state index contributed by atoms with van der Waals surface area (Å²) in [6.07, 6.45) is -0.230. The minimum atomic E-state index is -0.645. The normalized spacial score (nSPS) is 15.4. The van der Waals surface area contributed by atoms with E-state index in [2.05, 4.69) is 0 Å². The van der Waals surface area contributed by atoms with Crippen LogP contribution in [-0.2, 0) is 17.9 Å². The number of carbonyl (C=O) groups is 1. The molecule has 1 amide bonds. The molecule has 3 aromatic carbocycles. The summed E-state index contributed by atoms with van der Waals surface area (Å²) in [5.74, 6) is 1.26. The lowest BCUT2D eigenvalue weighted by Crippen LogP contribution is -2.46. The second-order valence-electron chi connectivity index (χ2n) is 7.26. The summed E-state index contributed by atoms with van der Waals surface area (Å²) < 4.78 is 11.8. The third-order valence-corrected chi connectivity index (χ3v) is 5.47. The molecule has 1 heterocycles. The Hall–Kier alpha value is -2.73. The number of fused-ring (bicyclic) bond motifs is 1. The fourth-order valence-corrected chi connectivity index (χ4v) is 4.08. The molecule has 0 aliphatic carbocycles. The van der Waals surface area contributed by atoms with Crippen molar-refractivity contribution in [1.29, 1.82) is 0 Å². The first-order valence-corrected chi connectivity index (χ1v) is 10.7. The molecule has 0 bridgehead atoms. The Kier molecular flexibility index (Phi) is 6.66. The molecular weight excluding hydrogens is 435 g/mol. The number of para-hydroxylation sites is 2. The first-order valence-electron chi connectivity index (χ1n) is 9.97. The van der Waals surface area contributed by atoms with Gasteiger partial charge in [-0.1, -0.05) is 47.5 Å². The average Bonchev–Trinajstić information content (AvgIpc) is 2.76. The van der Waals surface area contributed by atoms with Gasteiger partial charge in [0.25, 0.3) is 5.91 Å². The Morgan fingerprint density at radius 2 is 1.68 bits per heavy atom. The predicted molar refractivity (Wildman–Crippen MR) is 123 cm³/mol. The van der Waals surface area contributed by atoms with Gasteiger partial charge in [0.15, 0.2) is 6.10 Å². The largest absolute Gasteiger partial charge is 0.493 e. The molecule has 4 rings (SSSR count). The number of anilines is 1. The topological polar surface area (TPSA) is 64.8 Å². The second kappa shape index (κ2) is 9.60. The Labute approximate surface area is 191 Å². The van der Waals surface area contributed by atoms with E-state index in [1.54, 1.807) is 11.0 Å². The highest BCUT2D eigenvalue weighted by atomic mass is 35.5. The smallest absolute Gasteiger partial charge is 0.268 e. The summed E-state index contributed by atoms with van der Waals surface area (Å²) in [5, 5.41) is 1.06. The summed E-state index contributed by atoms with van der Waals surface area (Å²) in [4.78, 5) is 15.0. The first kappa shape index (κ1) is 21.5. The van der Waals surface area contributed by atoms with Crippen molar-refractivity contribution in [2.45, 2.75) is 25.6 Å². The molecule has 1 aliphatic rings. The molecule has 0 saturated heterocycles. The van der Waals surface area contributed by atoms with E-state index in [0.717, 1.165) is 22.6 Å². The monoisotopic (exact) mass is 456 g/mol. The van der Waals surface area contributed by atoms with E-state index in [0.29, 0.717) is 41.9 Å². The van der Waals surface area contributed by atoms with Gasteiger partial charge in [0.1, 0.15) is 11.5 Å². The molecule has 2 N–H and O–H groups in total. The zero-order valence-electron chi connectivity index (χ0n) is 16.8. The third kappa shape index (κ3) is 5.13. The van der Waals surface area contributed by atoms with Crippen LogP contribution in [-0.4, -0.2) is 18.6 Å². The number of carbonyl (C=O) groups excluding carboxylic acids is 1. The molecule has 1 unspecified atom stereocenters. The molecule has 3 aromatic rings. The highest BCUT2D eigenvalue weighted by Gasteiger charge is 2.34. The number of amides is 1. The summed E-state index contributed by atoms with van der Waals surface area (Å²) in [5.41, 5.74) is 8.22. The van der Waals surface area contributed by atoms with E-state index >= 15 is 0 Å². The highest BCUT2D eigenvalue weighted by Crippen LogP contribution is 2.36. The quantitative estimate of drug-likeness (QED) is 0.529. The molecule has 1 atom stereocenters. The van der Waals surface area contributed by atoms with E-state index in [4.69, 9.17) is 38.4 Å². The number of halogens is 2. The lowest BCUT2D eigenvalue weighted by atomic mass is 10.1. The summed E-state index contributed by atoms with van der Waals surface area (Å²) in [6.45, 7) is 1.17. The van der Waals surface area contributed by atoms with Crippen LogP contribution in [0.4, 0.5) is 5.69 Å². The van der Waals surface area contributed by atoms with Gasteiger partial charge in [-0.2, -0.15) is 0 Å². The molecule has 1 aliphatic heterocycles. The molecule has 5 nitrogen and oxygen atoms in total. The van der Waals surface area contributed by atoms with Crippen LogP contribution < -0.4 is 20.1 Å². The van der Waals surface area contributed by atoms with Gasteiger partial charge < -0.3 is 20.1 Å². The fraction of sp³-hybridized carbons (Fsp3) is 0.208. The minimum absolute atomic E-state index is 0.128. The average molecular weight is 457 g/mol. The predicted octanol–water partition coefficient (Wildman–Crippen LogP) is 5.22. The Bertz CT molecular complexity index is 1050. The third-order valence-electron chi connectivity index (χ3n) is 5.04. The van der Waals surface area contributed by atoms with Crippen molar-refractivity contribution in [1.82, 2.24) is 0 Å². The summed E-state index contributed by atoms with van der Waals surface area (Å²) in [7, 11) is 0. The van der Waals surface area contributed by atoms with Crippen molar-refractivity contribution in [2.75, 3.05) is 11.5 Å². The minimum Gasteiger partial charge on any atom is -0.493 e. The highest BCUT2D eigenvalue weighted by molar-refractivity contribution is 6.34. The zero-order valence-corrected chi connectivity index (χ0v) is 18.3. The number of nitrogens with zero attached hydrogens (tertiary/aromatic N) is 1. The maximum Gasteiger partial charge on any atom is 0.268 e. The molecule has 31 heavy (non-hydrogen) atoms. The zero-order chi connectivity index (χ0) is 21.8. The molecule has 0 saturated carbocycles. The van der Waals surface area contributed by atoms with Crippen LogP contribution in [0.25, 0.3) is 0 Å². The van der Waals surface area contributed by atoms with E-state index < -0.39 is 6.10 Å². The van der Waals surface area contributed by atoms with Gasteiger partial charge >= 0.3 is 0 Å². The van der Waals surface area contributed by atoms with E-state index in [1.807, 2.05) is 60.7 Å². The van der Waals surface area contributed by atoms with Gasteiger partial charge in [-0.05, 0) is 53.6 Å². The lowest BCUT2D eigenvalue weighted by molar-refractivity contribution is -0.127. The maximum absolute atomic E-state index is 13.3. The number of hydrogen-bond acceptors (Lipinski definition) is 4. The van der Waals surface area contributed by atoms with Gasteiger partial charge in [-0.25, -0.2) is 0 Å². The van der Waals surface area contributed by atoms with Crippen molar-refractivity contribution in [3.05, 3.63) is 87.9 Å². The molecule has 0 aromatic heterocycles. The van der Waals surface area contributed by atoms with E-state index in [9.17, 15) is 4.79 Å². The SMILES string of the molecule is NCc1ccc(OCCC2Oc3ccccc3N(Cc3cc(Cl)cc(Cl)c3)C2=O)cc1. The lowest BCUT2D eigenvalue weighted by Gasteiger charge is -2.34. The summed E-state index contributed by atoms with van der Waals surface area (Å²) in [6, 6.07) is 20.4. The number of nitrogens with two attached hydrogens (primary N) is 1. The first-order chi connectivity index (χ1) is 15.0. The number of rotatable bonds is 7. The molecule has 7 heteroatoms. The van der Waals surface area contributed by atoms with Gasteiger partial charge in [-0.15, -0.1) is 0 Å². The van der Waals surface area contributed by atoms with Gasteiger partial charge in [-0.3, -0.25) is 4.79 Å². The van der Waals surface area contributed by atoms with Crippen LogP contribution in [0, 0.1) is 0 Å². The van der Waals surface area contributed by atoms with Crippen molar-refractivity contribution in [3.8, 4) is 11.5 Å². The standard InChI is InChI=1S/C24H22Cl2N2O3/c25-18-11-17(12-19(26)13-18)15-28-21-3-1-2-4-22(21)31-23(24(28)29)9-10-30-20-7-5-16(14-27)6-8-20/h1-8,11-13,23H,9-10,14-15,27H2. The van der Waals surface area contributed by atoms with Gasteiger partial charge in [0, 0.05) is 23.0 Å². The molecule has 0 spiro atoms. The molecular formula is C24H22Cl2N2O3. The maximum atomic E-state index is 13.3. The van der Waals surface area contributed by atoms with Gasteiger partial charge in [0.2, 0.25) is 0 Å². The Morgan fingerprint density at radius 3 is 2.39 bits per heavy atom. The fourth-order valence-electron chi connectivity index (χ4n) is 3.51. The molecule has 0 radical (unpaired) electrons. The molecule has 160 valence electrons. The van der Waals surface area contributed by atoms with Crippen molar-refractivity contribution in [2.24, 2.45) is 5.73 Å². The van der Waals surface area contributed by atoms with E-state index in [1.165, 1.54) is 0 Å². The number of hydrogen-bond donors (Lipinski definition) is 1. The van der Waals surface area contributed by atoms with Crippen LogP contribution in [0.15, 0.2) is 66.7 Å². The van der Waals surface area contributed by atoms with Crippen LogP contribution >= 0.6 is 23.2 Å². The van der Waals surface area contributed by atoms with Crippen molar-refractivity contribution in [3.63, 3.8) is 0 Å². The Morgan fingerprint density at radius 1 is 0.968 bits per heavy atom. The number of benzene rings is 3. The Balaban J connectivity index is 1.48. The van der Waals surface area contributed by atoms with Crippen molar-refractivity contribution < 1.29 is 14.3 Å². The van der Waals surface area contributed by atoms with Crippen LogP contribution in [0.5, 0.6) is 11.5 Å². The van der Waals surface area contributed by atoms with E-state index in [-0.39, 0.29) is 5.91 Å². The van der Waals surface area contributed by atoms with Crippen LogP contribution in [0.2, 0.25) is 10.0 Å². The van der Waals surface area contributed by atoms with Crippen LogP contribution in [0.1, 0.15) is 17.5 Å². The van der Waals surface area contributed by atoms with Gasteiger partial charge in [0.05, 0.1) is 18.8 Å². The number of ether oxygens (including phenoxy) is 2. The van der Waals surface area contributed by atoms with Crippen LogP contribution in [0.3, 0.4) is 0 Å².